The third-order valence-electron chi connectivity index (χ3n) is 2.85. The lowest BCUT2D eigenvalue weighted by atomic mass is 10.0. The molecular weight excluding hydrogens is 278 g/mol. The Bertz CT molecular complexity index is 390. The van der Waals surface area contributed by atoms with Gasteiger partial charge < -0.3 is 5.32 Å². The van der Waals surface area contributed by atoms with Crippen LogP contribution in [0.5, 0.6) is 0 Å². The normalized spacial score (nSPS) is 12.2. The maximum atomic E-state index is 12.0. The van der Waals surface area contributed by atoms with Gasteiger partial charge in [0.2, 0.25) is 0 Å². The van der Waals surface area contributed by atoms with Gasteiger partial charge in [0, 0.05) is 17.4 Å². The number of carbonyl (C=O) groups is 1. The maximum absolute atomic E-state index is 12.0. The zero-order chi connectivity index (χ0) is 12.8. The lowest BCUT2D eigenvalue weighted by Gasteiger charge is -2.12. The van der Waals surface area contributed by atoms with Crippen molar-refractivity contribution >= 4 is 21.8 Å². The predicted molar refractivity (Wildman–Crippen MR) is 75.8 cm³/mol. The molecule has 1 N–H and O–H groups in total. The summed E-state index contributed by atoms with van der Waals surface area (Å²) in [5.74, 6) is 0.538. The van der Waals surface area contributed by atoms with Gasteiger partial charge in [0.25, 0.3) is 5.91 Å². The van der Waals surface area contributed by atoms with Gasteiger partial charge in [-0.3, -0.25) is 4.79 Å². The van der Waals surface area contributed by atoms with Crippen LogP contribution in [0, 0.1) is 19.8 Å². The highest BCUT2D eigenvalue weighted by Crippen LogP contribution is 2.11. The third kappa shape index (κ3) is 4.50. The lowest BCUT2D eigenvalue weighted by Crippen LogP contribution is -2.29. The van der Waals surface area contributed by atoms with E-state index in [1.807, 2.05) is 32.0 Å². The number of benzene rings is 1. The Labute approximate surface area is 112 Å². The Morgan fingerprint density at radius 1 is 1.41 bits per heavy atom. The van der Waals surface area contributed by atoms with Gasteiger partial charge >= 0.3 is 0 Å². The molecular formula is C14H20BrNO. The van der Waals surface area contributed by atoms with Gasteiger partial charge in [-0.2, -0.15) is 0 Å². The van der Waals surface area contributed by atoms with Crippen molar-refractivity contribution in [3.8, 4) is 0 Å². The van der Waals surface area contributed by atoms with Crippen molar-refractivity contribution in [1.29, 1.82) is 0 Å². The van der Waals surface area contributed by atoms with Crippen molar-refractivity contribution in [3.05, 3.63) is 34.9 Å². The van der Waals surface area contributed by atoms with Crippen LogP contribution in [0.25, 0.3) is 0 Å². The molecule has 1 unspecified atom stereocenters. The third-order valence-corrected chi connectivity index (χ3v) is 3.31. The van der Waals surface area contributed by atoms with E-state index >= 15 is 0 Å². The van der Waals surface area contributed by atoms with Gasteiger partial charge in [-0.1, -0.05) is 40.5 Å². The molecule has 2 nitrogen and oxygen atoms in total. The van der Waals surface area contributed by atoms with Crippen molar-refractivity contribution in [2.75, 3.05) is 11.9 Å². The fourth-order valence-electron chi connectivity index (χ4n) is 1.63. The molecule has 0 aliphatic carbocycles. The standard InChI is InChI=1S/C14H20BrNO/c1-10-4-5-12(3)13(8-10)14(17)16-9-11(2)6-7-15/h4-5,8,11H,6-7,9H2,1-3H3,(H,16,17). The first-order valence-electron chi connectivity index (χ1n) is 5.96. The maximum Gasteiger partial charge on any atom is 0.251 e. The zero-order valence-electron chi connectivity index (χ0n) is 10.7. The van der Waals surface area contributed by atoms with Crippen LogP contribution in [-0.2, 0) is 0 Å². The van der Waals surface area contributed by atoms with E-state index in [9.17, 15) is 4.79 Å². The van der Waals surface area contributed by atoms with E-state index in [2.05, 4.69) is 28.2 Å². The number of hydrogen-bond acceptors (Lipinski definition) is 1. The molecule has 1 aromatic carbocycles. The molecule has 3 heteroatoms. The van der Waals surface area contributed by atoms with Crippen molar-refractivity contribution in [3.63, 3.8) is 0 Å². The number of amides is 1. The number of carbonyl (C=O) groups excluding carboxylic acids is 1. The van der Waals surface area contributed by atoms with E-state index < -0.39 is 0 Å². The number of hydrogen-bond donors (Lipinski definition) is 1. The van der Waals surface area contributed by atoms with Crippen molar-refractivity contribution in [1.82, 2.24) is 5.32 Å². The van der Waals surface area contributed by atoms with Gasteiger partial charge in [0.05, 0.1) is 0 Å². The van der Waals surface area contributed by atoms with Gasteiger partial charge in [0.1, 0.15) is 0 Å². The Morgan fingerprint density at radius 3 is 2.76 bits per heavy atom. The van der Waals surface area contributed by atoms with E-state index in [-0.39, 0.29) is 5.91 Å². The first-order valence-corrected chi connectivity index (χ1v) is 7.08. The molecule has 94 valence electrons. The highest BCUT2D eigenvalue weighted by Gasteiger charge is 2.10. The Balaban J connectivity index is 2.61. The molecule has 0 aliphatic rings. The summed E-state index contributed by atoms with van der Waals surface area (Å²) in [6.07, 6.45) is 1.08. The molecule has 0 fully saturated rings. The van der Waals surface area contributed by atoms with E-state index in [0.29, 0.717) is 5.92 Å². The summed E-state index contributed by atoms with van der Waals surface area (Å²) in [5, 5.41) is 3.97. The molecule has 0 bridgehead atoms. The van der Waals surface area contributed by atoms with Crippen LogP contribution < -0.4 is 5.32 Å². The van der Waals surface area contributed by atoms with Crippen molar-refractivity contribution in [2.24, 2.45) is 5.92 Å². The minimum Gasteiger partial charge on any atom is -0.352 e. The van der Waals surface area contributed by atoms with E-state index in [1.165, 1.54) is 0 Å². The minimum atomic E-state index is 0.0348. The second-order valence-electron chi connectivity index (χ2n) is 4.61. The molecule has 0 aliphatic heterocycles. The van der Waals surface area contributed by atoms with E-state index in [0.717, 1.165) is 35.0 Å². The summed E-state index contributed by atoms with van der Waals surface area (Å²) in [4.78, 5) is 12.0. The molecule has 1 rings (SSSR count). The van der Waals surface area contributed by atoms with E-state index in [1.54, 1.807) is 0 Å². The van der Waals surface area contributed by atoms with Crippen LogP contribution >= 0.6 is 15.9 Å². The average molecular weight is 298 g/mol. The number of nitrogens with one attached hydrogen (secondary N) is 1. The molecule has 0 spiro atoms. The summed E-state index contributed by atoms with van der Waals surface area (Å²) < 4.78 is 0. The highest BCUT2D eigenvalue weighted by atomic mass is 79.9. The van der Waals surface area contributed by atoms with E-state index in [4.69, 9.17) is 0 Å². The van der Waals surface area contributed by atoms with Gasteiger partial charge in [0.15, 0.2) is 0 Å². The fraction of sp³-hybridized carbons (Fsp3) is 0.500. The summed E-state index contributed by atoms with van der Waals surface area (Å²) in [6.45, 7) is 6.85. The Morgan fingerprint density at radius 2 is 2.12 bits per heavy atom. The first kappa shape index (κ1) is 14.2. The second-order valence-corrected chi connectivity index (χ2v) is 5.40. The Hall–Kier alpha value is -0.830. The molecule has 17 heavy (non-hydrogen) atoms. The lowest BCUT2D eigenvalue weighted by molar-refractivity contribution is 0.0947. The van der Waals surface area contributed by atoms with Gasteiger partial charge in [-0.25, -0.2) is 0 Å². The predicted octanol–water partition coefficient (Wildman–Crippen LogP) is 3.45. The molecule has 0 aromatic heterocycles. The van der Waals surface area contributed by atoms with Gasteiger partial charge in [-0.05, 0) is 37.8 Å². The largest absolute Gasteiger partial charge is 0.352 e. The molecule has 0 radical (unpaired) electrons. The molecule has 0 saturated carbocycles. The van der Waals surface area contributed by atoms with Crippen molar-refractivity contribution < 1.29 is 4.79 Å². The summed E-state index contributed by atoms with van der Waals surface area (Å²) in [5.41, 5.74) is 2.94. The molecule has 0 saturated heterocycles. The van der Waals surface area contributed by atoms with Crippen LogP contribution in [0.4, 0.5) is 0 Å². The van der Waals surface area contributed by atoms with Crippen molar-refractivity contribution in [2.45, 2.75) is 27.2 Å². The number of alkyl halides is 1. The number of rotatable bonds is 5. The summed E-state index contributed by atoms with van der Waals surface area (Å²) in [6, 6.07) is 5.96. The Kier molecular flexibility index (Phi) is 5.69. The number of halogens is 1. The molecule has 0 heterocycles. The highest BCUT2D eigenvalue weighted by molar-refractivity contribution is 9.09. The van der Waals surface area contributed by atoms with Crippen LogP contribution in [-0.4, -0.2) is 17.8 Å². The van der Waals surface area contributed by atoms with Crippen LogP contribution in [0.2, 0.25) is 0 Å². The van der Waals surface area contributed by atoms with Crippen LogP contribution in [0.1, 0.15) is 34.8 Å². The quantitative estimate of drug-likeness (QED) is 0.829. The first-order chi connectivity index (χ1) is 8.04. The van der Waals surface area contributed by atoms with Gasteiger partial charge in [-0.15, -0.1) is 0 Å². The fourth-order valence-corrected chi connectivity index (χ4v) is 2.41. The topological polar surface area (TPSA) is 29.1 Å². The molecule has 1 aromatic rings. The molecule has 1 atom stereocenters. The monoisotopic (exact) mass is 297 g/mol. The zero-order valence-corrected chi connectivity index (χ0v) is 12.3. The smallest absolute Gasteiger partial charge is 0.251 e. The SMILES string of the molecule is Cc1ccc(C)c(C(=O)NCC(C)CCBr)c1. The number of aryl methyl sites for hydroxylation is 2. The summed E-state index contributed by atoms with van der Waals surface area (Å²) >= 11 is 3.41. The summed E-state index contributed by atoms with van der Waals surface area (Å²) in [7, 11) is 0. The molecule has 1 amide bonds. The second kappa shape index (κ2) is 6.80. The van der Waals surface area contributed by atoms with Crippen LogP contribution in [0.3, 0.4) is 0 Å². The minimum absolute atomic E-state index is 0.0348. The van der Waals surface area contributed by atoms with Crippen LogP contribution in [0.15, 0.2) is 18.2 Å². The average Bonchev–Trinajstić information content (AvgIpc) is 2.29.